The van der Waals surface area contributed by atoms with Crippen molar-refractivity contribution in [3.63, 3.8) is 0 Å². The minimum absolute atomic E-state index is 0.0507. The average Bonchev–Trinajstić information content (AvgIpc) is 3.05. The first-order valence-electron chi connectivity index (χ1n) is 9.26. The van der Waals surface area contributed by atoms with Gasteiger partial charge in [-0.2, -0.15) is 5.10 Å². The average molecular weight is 372 g/mol. The number of benzene rings is 1. The minimum Gasteiger partial charge on any atom is -0.494 e. The van der Waals surface area contributed by atoms with Crippen LogP contribution in [-0.4, -0.2) is 77.0 Å². The summed E-state index contributed by atoms with van der Waals surface area (Å²) in [6.45, 7) is 1.80. The summed E-state index contributed by atoms with van der Waals surface area (Å²) in [7, 11) is 5.52. The number of hydrogen-bond donors (Lipinski definition) is 1. The fourth-order valence-corrected chi connectivity index (χ4v) is 3.70. The standard InChI is InChI=1S/C20H28N4O3/c1-22(2)15-20(26)9-6-11-23(12-10-20)19(25)16-13-21-24(14-16)17-7-4-5-8-18(17)27-3/h4-5,7-8,13-14,26H,6,9-12,15H2,1-3H3. The molecule has 1 aromatic carbocycles. The molecule has 0 bridgehead atoms. The molecule has 27 heavy (non-hydrogen) atoms. The van der Waals surface area contributed by atoms with Gasteiger partial charge < -0.3 is 19.6 Å². The molecule has 7 nitrogen and oxygen atoms in total. The summed E-state index contributed by atoms with van der Waals surface area (Å²) in [5.74, 6) is 0.647. The maximum absolute atomic E-state index is 12.9. The number of likely N-dealkylation sites (tertiary alicyclic amines) is 1. The Morgan fingerprint density at radius 2 is 2.07 bits per heavy atom. The Morgan fingerprint density at radius 1 is 1.30 bits per heavy atom. The number of rotatable bonds is 5. The molecule has 146 valence electrons. The van der Waals surface area contributed by atoms with Crippen LogP contribution in [0.3, 0.4) is 0 Å². The lowest BCUT2D eigenvalue weighted by atomic mass is 9.94. The molecule has 1 saturated heterocycles. The quantitative estimate of drug-likeness (QED) is 0.867. The first-order valence-corrected chi connectivity index (χ1v) is 9.26. The fraction of sp³-hybridized carbons (Fsp3) is 0.500. The van der Waals surface area contributed by atoms with Crippen LogP contribution in [0.1, 0.15) is 29.6 Å². The number of nitrogens with zero attached hydrogens (tertiary/aromatic N) is 4. The van der Waals surface area contributed by atoms with E-state index in [4.69, 9.17) is 4.74 Å². The first kappa shape index (κ1) is 19.4. The number of methoxy groups -OCH3 is 1. The predicted octanol–water partition coefficient (Wildman–Crippen LogP) is 1.80. The van der Waals surface area contributed by atoms with Crippen molar-refractivity contribution in [2.45, 2.75) is 24.9 Å². The van der Waals surface area contributed by atoms with Gasteiger partial charge in [0.05, 0.1) is 24.5 Å². The monoisotopic (exact) mass is 372 g/mol. The number of amides is 1. The number of carbonyl (C=O) groups excluding carboxylic acids is 1. The lowest BCUT2D eigenvalue weighted by molar-refractivity contribution is 0.00305. The van der Waals surface area contributed by atoms with Gasteiger partial charge in [-0.25, -0.2) is 4.68 Å². The predicted molar refractivity (Wildman–Crippen MR) is 103 cm³/mol. The van der Waals surface area contributed by atoms with E-state index in [0.29, 0.717) is 43.8 Å². The maximum Gasteiger partial charge on any atom is 0.257 e. The number of para-hydroxylation sites is 2. The van der Waals surface area contributed by atoms with Crippen LogP contribution < -0.4 is 4.74 Å². The largest absolute Gasteiger partial charge is 0.494 e. The zero-order valence-electron chi connectivity index (χ0n) is 16.3. The van der Waals surface area contributed by atoms with Gasteiger partial charge in [0.1, 0.15) is 11.4 Å². The van der Waals surface area contributed by atoms with Gasteiger partial charge in [-0.3, -0.25) is 4.79 Å². The van der Waals surface area contributed by atoms with E-state index in [-0.39, 0.29) is 5.91 Å². The highest BCUT2D eigenvalue weighted by Crippen LogP contribution is 2.25. The molecule has 1 amide bonds. The Morgan fingerprint density at radius 3 is 2.81 bits per heavy atom. The van der Waals surface area contributed by atoms with Gasteiger partial charge in [-0.1, -0.05) is 12.1 Å². The molecule has 3 rings (SSSR count). The lowest BCUT2D eigenvalue weighted by Gasteiger charge is -2.29. The van der Waals surface area contributed by atoms with Crippen LogP contribution in [0.25, 0.3) is 5.69 Å². The summed E-state index contributed by atoms with van der Waals surface area (Å²) in [6, 6.07) is 7.55. The van der Waals surface area contributed by atoms with Gasteiger partial charge in [0.15, 0.2) is 0 Å². The molecule has 0 spiro atoms. The third-order valence-corrected chi connectivity index (χ3v) is 4.98. The van der Waals surface area contributed by atoms with Gasteiger partial charge in [-0.15, -0.1) is 0 Å². The molecule has 1 unspecified atom stereocenters. The van der Waals surface area contributed by atoms with Gasteiger partial charge in [-0.05, 0) is 45.5 Å². The second kappa shape index (κ2) is 8.10. The normalized spacial score (nSPS) is 20.6. The zero-order valence-corrected chi connectivity index (χ0v) is 16.3. The van der Waals surface area contributed by atoms with Crippen molar-refractivity contribution < 1.29 is 14.6 Å². The third-order valence-electron chi connectivity index (χ3n) is 4.98. The number of aliphatic hydroxyl groups is 1. The zero-order chi connectivity index (χ0) is 19.4. The fourth-order valence-electron chi connectivity index (χ4n) is 3.70. The number of likely N-dealkylation sites (N-methyl/N-ethyl adjacent to an activating group) is 1. The summed E-state index contributed by atoms with van der Waals surface area (Å²) < 4.78 is 7.03. The number of carbonyl (C=O) groups is 1. The highest BCUT2D eigenvalue weighted by molar-refractivity contribution is 5.93. The van der Waals surface area contributed by atoms with Crippen molar-refractivity contribution in [3.8, 4) is 11.4 Å². The minimum atomic E-state index is -0.736. The van der Waals surface area contributed by atoms with Crippen LogP contribution in [-0.2, 0) is 0 Å². The van der Waals surface area contributed by atoms with E-state index in [0.717, 1.165) is 12.1 Å². The Balaban J connectivity index is 1.73. The lowest BCUT2D eigenvalue weighted by Crippen LogP contribution is -2.41. The topological polar surface area (TPSA) is 70.8 Å². The van der Waals surface area contributed by atoms with Crippen molar-refractivity contribution in [3.05, 3.63) is 42.2 Å². The second-order valence-corrected chi connectivity index (χ2v) is 7.45. The Kier molecular flexibility index (Phi) is 5.82. The molecule has 7 heteroatoms. The van der Waals surface area contributed by atoms with Crippen molar-refractivity contribution in [1.29, 1.82) is 0 Å². The summed E-state index contributed by atoms with van der Waals surface area (Å²) in [6.07, 6.45) is 5.40. The SMILES string of the molecule is COc1ccccc1-n1cc(C(=O)N2CCCC(O)(CN(C)C)CC2)cn1. The van der Waals surface area contributed by atoms with Crippen molar-refractivity contribution in [2.75, 3.05) is 40.8 Å². The van der Waals surface area contributed by atoms with Gasteiger partial charge in [0.25, 0.3) is 5.91 Å². The highest BCUT2D eigenvalue weighted by atomic mass is 16.5. The van der Waals surface area contributed by atoms with Crippen molar-refractivity contribution in [2.24, 2.45) is 0 Å². The van der Waals surface area contributed by atoms with E-state index >= 15 is 0 Å². The molecule has 0 saturated carbocycles. The summed E-state index contributed by atoms with van der Waals surface area (Å²) in [5.41, 5.74) is 0.592. The smallest absolute Gasteiger partial charge is 0.257 e. The van der Waals surface area contributed by atoms with Crippen LogP contribution in [0.4, 0.5) is 0 Å². The summed E-state index contributed by atoms with van der Waals surface area (Å²) >= 11 is 0. The molecule has 1 fully saturated rings. The van der Waals surface area contributed by atoms with Crippen LogP contribution in [0.5, 0.6) is 5.75 Å². The Hall–Kier alpha value is -2.38. The van der Waals surface area contributed by atoms with Gasteiger partial charge in [0.2, 0.25) is 0 Å². The Labute approximate surface area is 160 Å². The summed E-state index contributed by atoms with van der Waals surface area (Å²) in [5, 5.41) is 15.1. The molecule has 1 aliphatic rings. The molecule has 1 aromatic heterocycles. The van der Waals surface area contributed by atoms with Gasteiger partial charge in [0, 0.05) is 25.8 Å². The molecular formula is C20H28N4O3. The van der Waals surface area contributed by atoms with E-state index in [1.165, 1.54) is 0 Å². The van der Waals surface area contributed by atoms with Gasteiger partial charge >= 0.3 is 0 Å². The highest BCUT2D eigenvalue weighted by Gasteiger charge is 2.32. The molecular weight excluding hydrogens is 344 g/mol. The van der Waals surface area contributed by atoms with Crippen LogP contribution in [0.15, 0.2) is 36.7 Å². The van der Waals surface area contributed by atoms with Crippen LogP contribution in [0.2, 0.25) is 0 Å². The van der Waals surface area contributed by atoms with Crippen molar-refractivity contribution in [1.82, 2.24) is 19.6 Å². The van der Waals surface area contributed by atoms with E-state index < -0.39 is 5.60 Å². The maximum atomic E-state index is 12.9. The van der Waals surface area contributed by atoms with Crippen LogP contribution >= 0.6 is 0 Å². The second-order valence-electron chi connectivity index (χ2n) is 7.45. The van der Waals surface area contributed by atoms with E-state index in [1.807, 2.05) is 48.2 Å². The molecule has 1 aliphatic heterocycles. The Bertz CT molecular complexity index is 789. The molecule has 2 heterocycles. The first-order chi connectivity index (χ1) is 12.9. The third kappa shape index (κ3) is 4.48. The summed E-state index contributed by atoms with van der Waals surface area (Å²) in [4.78, 5) is 16.7. The number of ether oxygens (including phenoxy) is 1. The van der Waals surface area contributed by atoms with E-state index in [2.05, 4.69) is 5.10 Å². The van der Waals surface area contributed by atoms with E-state index in [1.54, 1.807) is 24.2 Å². The molecule has 2 aromatic rings. The molecule has 0 aliphatic carbocycles. The molecule has 1 N–H and O–H groups in total. The number of aromatic nitrogens is 2. The molecule has 0 radical (unpaired) electrons. The molecule has 1 atom stereocenters. The van der Waals surface area contributed by atoms with Crippen molar-refractivity contribution >= 4 is 5.91 Å². The van der Waals surface area contributed by atoms with Crippen LogP contribution in [0, 0.1) is 0 Å². The number of hydrogen-bond acceptors (Lipinski definition) is 5. The van der Waals surface area contributed by atoms with E-state index in [9.17, 15) is 9.90 Å².